The van der Waals surface area contributed by atoms with Crippen molar-refractivity contribution in [3.05, 3.63) is 69.3 Å². The number of nitrogens with zero attached hydrogens (tertiary/aromatic N) is 2. The van der Waals surface area contributed by atoms with E-state index in [0.29, 0.717) is 39.5 Å². The van der Waals surface area contributed by atoms with Gasteiger partial charge < -0.3 is 14.8 Å². The normalized spacial score (nSPS) is 10.6. The van der Waals surface area contributed by atoms with Crippen LogP contribution in [0, 0.1) is 6.92 Å². The number of carbonyl (C=O) groups is 1. The fourth-order valence-corrected chi connectivity index (χ4v) is 3.25. The molecule has 0 saturated heterocycles. The lowest BCUT2D eigenvalue weighted by atomic mass is 10.2. The lowest BCUT2D eigenvalue weighted by molar-refractivity contribution is 0.102. The SMILES string of the molecule is COc1ccc(C(=O)Nc2cc(C)n(Cc3c(Cl)cccc3Cl)n2)cc1OC. The van der Waals surface area contributed by atoms with E-state index >= 15 is 0 Å². The van der Waals surface area contributed by atoms with Crippen LogP contribution in [0.25, 0.3) is 0 Å². The van der Waals surface area contributed by atoms with Crippen molar-refractivity contribution in [3.63, 3.8) is 0 Å². The molecule has 0 bridgehead atoms. The quantitative estimate of drug-likeness (QED) is 0.621. The van der Waals surface area contributed by atoms with Crippen molar-refractivity contribution in [1.82, 2.24) is 9.78 Å². The fourth-order valence-electron chi connectivity index (χ4n) is 2.73. The van der Waals surface area contributed by atoms with Crippen molar-refractivity contribution in [2.45, 2.75) is 13.5 Å². The molecule has 6 nitrogen and oxygen atoms in total. The molecule has 3 rings (SSSR count). The highest BCUT2D eigenvalue weighted by Crippen LogP contribution is 2.28. The van der Waals surface area contributed by atoms with Gasteiger partial charge in [-0.1, -0.05) is 29.3 Å². The molecule has 1 heterocycles. The molecule has 8 heteroatoms. The van der Waals surface area contributed by atoms with Crippen molar-refractivity contribution in [2.75, 3.05) is 19.5 Å². The van der Waals surface area contributed by atoms with Gasteiger partial charge in [0, 0.05) is 32.9 Å². The van der Waals surface area contributed by atoms with Crippen LogP contribution < -0.4 is 14.8 Å². The minimum Gasteiger partial charge on any atom is -0.493 e. The Balaban J connectivity index is 1.79. The van der Waals surface area contributed by atoms with E-state index in [4.69, 9.17) is 32.7 Å². The third-order valence-corrected chi connectivity index (χ3v) is 4.95. The average molecular weight is 420 g/mol. The lowest BCUT2D eigenvalue weighted by Gasteiger charge is -2.09. The van der Waals surface area contributed by atoms with Gasteiger partial charge in [0.1, 0.15) is 0 Å². The Morgan fingerprint density at radius 3 is 2.39 bits per heavy atom. The van der Waals surface area contributed by atoms with Crippen molar-refractivity contribution in [3.8, 4) is 11.5 Å². The number of aromatic nitrogens is 2. The zero-order valence-electron chi connectivity index (χ0n) is 15.6. The molecule has 3 aromatic rings. The molecule has 0 atom stereocenters. The van der Waals surface area contributed by atoms with Crippen LogP contribution in [-0.4, -0.2) is 29.9 Å². The maximum atomic E-state index is 12.6. The van der Waals surface area contributed by atoms with Gasteiger partial charge in [0.2, 0.25) is 0 Å². The Kier molecular flexibility index (Phi) is 6.11. The van der Waals surface area contributed by atoms with E-state index in [9.17, 15) is 4.79 Å². The van der Waals surface area contributed by atoms with Gasteiger partial charge in [0.15, 0.2) is 17.3 Å². The molecule has 2 aromatic carbocycles. The van der Waals surface area contributed by atoms with Crippen LogP contribution in [0.3, 0.4) is 0 Å². The summed E-state index contributed by atoms with van der Waals surface area (Å²) in [5.74, 6) is 1.16. The van der Waals surface area contributed by atoms with Crippen molar-refractivity contribution < 1.29 is 14.3 Å². The Morgan fingerprint density at radius 1 is 1.07 bits per heavy atom. The largest absolute Gasteiger partial charge is 0.493 e. The molecule has 1 amide bonds. The van der Waals surface area contributed by atoms with Crippen LogP contribution in [0.15, 0.2) is 42.5 Å². The second kappa shape index (κ2) is 8.54. The van der Waals surface area contributed by atoms with Gasteiger partial charge in [0.25, 0.3) is 5.91 Å². The smallest absolute Gasteiger partial charge is 0.257 e. The van der Waals surface area contributed by atoms with Crippen molar-refractivity contribution in [2.24, 2.45) is 0 Å². The number of ether oxygens (including phenoxy) is 2. The highest BCUT2D eigenvalue weighted by Gasteiger charge is 2.14. The minimum atomic E-state index is -0.304. The monoisotopic (exact) mass is 419 g/mol. The molecular formula is C20H19Cl2N3O3. The zero-order chi connectivity index (χ0) is 20.3. The molecule has 28 heavy (non-hydrogen) atoms. The molecule has 0 aliphatic carbocycles. The van der Waals surface area contributed by atoms with E-state index in [2.05, 4.69) is 10.4 Å². The van der Waals surface area contributed by atoms with Crippen molar-refractivity contribution >= 4 is 34.9 Å². The van der Waals surface area contributed by atoms with Gasteiger partial charge in [0.05, 0.1) is 20.8 Å². The maximum Gasteiger partial charge on any atom is 0.257 e. The Hall–Kier alpha value is -2.70. The van der Waals surface area contributed by atoms with E-state index in [-0.39, 0.29) is 5.91 Å². The molecule has 146 valence electrons. The minimum absolute atomic E-state index is 0.304. The van der Waals surface area contributed by atoms with E-state index in [1.165, 1.54) is 14.2 Å². The molecule has 1 N–H and O–H groups in total. The van der Waals surface area contributed by atoms with Crippen LogP contribution >= 0.6 is 23.2 Å². The first-order valence-corrected chi connectivity index (χ1v) is 9.19. The summed E-state index contributed by atoms with van der Waals surface area (Å²) in [6.07, 6.45) is 0. The molecular weight excluding hydrogens is 401 g/mol. The number of hydrogen-bond donors (Lipinski definition) is 1. The van der Waals surface area contributed by atoms with Gasteiger partial charge in [-0.2, -0.15) is 5.10 Å². The predicted octanol–water partition coefficient (Wildman–Crippen LogP) is 4.82. The summed E-state index contributed by atoms with van der Waals surface area (Å²) < 4.78 is 12.2. The molecule has 0 unspecified atom stereocenters. The standard InChI is InChI=1S/C20H19Cl2N3O3/c1-12-9-19(24-25(12)11-14-15(21)5-4-6-16(14)22)23-20(26)13-7-8-17(27-2)18(10-13)28-3/h4-10H,11H2,1-3H3,(H,23,24,26). The molecule has 0 saturated carbocycles. The van der Waals surface area contributed by atoms with E-state index in [0.717, 1.165) is 11.3 Å². The maximum absolute atomic E-state index is 12.6. The van der Waals surface area contributed by atoms with Gasteiger partial charge in [-0.15, -0.1) is 0 Å². The molecule has 0 fully saturated rings. The Labute approximate surface area is 173 Å². The number of halogens is 2. The number of rotatable bonds is 6. The summed E-state index contributed by atoms with van der Waals surface area (Å²) >= 11 is 12.5. The molecule has 0 aliphatic heterocycles. The topological polar surface area (TPSA) is 65.4 Å². The number of carbonyl (C=O) groups excluding carboxylic acids is 1. The number of methoxy groups -OCH3 is 2. The van der Waals surface area contributed by atoms with Crippen molar-refractivity contribution in [1.29, 1.82) is 0 Å². The van der Waals surface area contributed by atoms with Gasteiger partial charge in [-0.25, -0.2) is 0 Å². The van der Waals surface area contributed by atoms with Crippen LogP contribution in [-0.2, 0) is 6.54 Å². The number of nitrogens with one attached hydrogen (secondary N) is 1. The average Bonchev–Trinajstić information content (AvgIpc) is 3.03. The fraction of sp³-hybridized carbons (Fsp3) is 0.200. The molecule has 0 radical (unpaired) electrons. The third kappa shape index (κ3) is 4.24. The van der Waals surface area contributed by atoms with Crippen LogP contribution in [0.4, 0.5) is 5.82 Å². The summed E-state index contributed by atoms with van der Waals surface area (Å²) in [4.78, 5) is 12.6. The Morgan fingerprint density at radius 2 is 1.75 bits per heavy atom. The summed E-state index contributed by atoms with van der Waals surface area (Å²) in [5.41, 5.74) is 2.06. The van der Waals surface area contributed by atoms with Crippen LogP contribution in [0.1, 0.15) is 21.6 Å². The van der Waals surface area contributed by atoms with Gasteiger partial charge in [-0.3, -0.25) is 9.48 Å². The number of hydrogen-bond acceptors (Lipinski definition) is 4. The van der Waals surface area contributed by atoms with E-state index in [1.54, 1.807) is 47.1 Å². The van der Waals surface area contributed by atoms with Crippen LogP contribution in [0.5, 0.6) is 11.5 Å². The third-order valence-electron chi connectivity index (χ3n) is 4.24. The summed E-state index contributed by atoms with van der Waals surface area (Å²) in [6, 6.07) is 12.1. The van der Waals surface area contributed by atoms with E-state index in [1.807, 2.05) is 6.92 Å². The van der Waals surface area contributed by atoms with Gasteiger partial charge >= 0.3 is 0 Å². The summed E-state index contributed by atoms with van der Waals surface area (Å²) in [6.45, 7) is 2.29. The number of amides is 1. The second-order valence-electron chi connectivity index (χ2n) is 6.05. The number of aryl methyl sites for hydroxylation is 1. The molecule has 0 aliphatic rings. The number of anilines is 1. The van der Waals surface area contributed by atoms with Gasteiger partial charge in [-0.05, 0) is 37.3 Å². The highest BCUT2D eigenvalue weighted by molar-refractivity contribution is 6.35. The first kappa shape index (κ1) is 20.0. The Bertz CT molecular complexity index is 998. The van der Waals surface area contributed by atoms with E-state index < -0.39 is 0 Å². The van der Waals surface area contributed by atoms with Crippen LogP contribution in [0.2, 0.25) is 10.0 Å². The molecule has 0 spiro atoms. The summed E-state index contributed by atoms with van der Waals surface area (Å²) in [5, 5.41) is 8.37. The second-order valence-corrected chi connectivity index (χ2v) is 6.87. The molecule has 1 aromatic heterocycles. The first-order valence-electron chi connectivity index (χ1n) is 8.43. The number of benzene rings is 2. The lowest BCUT2D eigenvalue weighted by Crippen LogP contribution is -2.13. The zero-order valence-corrected chi connectivity index (χ0v) is 17.1. The predicted molar refractivity (Wildman–Crippen MR) is 110 cm³/mol. The first-order chi connectivity index (χ1) is 13.4. The highest BCUT2D eigenvalue weighted by atomic mass is 35.5. The summed E-state index contributed by atoms with van der Waals surface area (Å²) in [7, 11) is 3.06.